The summed E-state index contributed by atoms with van der Waals surface area (Å²) in [4.78, 5) is 16.9. The molecular formula is C21H13Cl2NO2S. The van der Waals surface area contributed by atoms with Crippen molar-refractivity contribution >= 4 is 52.0 Å². The minimum atomic E-state index is -0.266. The van der Waals surface area contributed by atoms with Gasteiger partial charge in [-0.1, -0.05) is 64.8 Å². The van der Waals surface area contributed by atoms with E-state index >= 15 is 0 Å². The van der Waals surface area contributed by atoms with Crippen LogP contribution in [0.1, 0.15) is 16.9 Å². The Kier molecular flexibility index (Phi) is 4.96. The first-order valence-corrected chi connectivity index (χ1v) is 9.72. The number of carbonyl (C=O) groups excluding carboxylic acids is 1. The van der Waals surface area contributed by atoms with Crippen LogP contribution in [0, 0.1) is 6.92 Å². The van der Waals surface area contributed by atoms with E-state index in [2.05, 4.69) is 4.99 Å². The Morgan fingerprint density at radius 2 is 1.81 bits per heavy atom. The van der Waals surface area contributed by atoms with E-state index in [9.17, 15) is 4.79 Å². The van der Waals surface area contributed by atoms with Gasteiger partial charge < -0.3 is 4.42 Å². The molecule has 0 spiro atoms. The summed E-state index contributed by atoms with van der Waals surface area (Å²) >= 11 is 13.5. The largest absolute Gasteiger partial charge is 0.457 e. The number of aryl methyl sites for hydroxylation is 1. The van der Waals surface area contributed by atoms with Gasteiger partial charge in [-0.15, -0.1) is 0 Å². The van der Waals surface area contributed by atoms with Crippen LogP contribution in [0.5, 0.6) is 0 Å². The molecule has 6 heteroatoms. The number of hydrogen-bond acceptors (Lipinski definition) is 3. The normalized spacial score (nSPS) is 15.4. The van der Waals surface area contributed by atoms with Gasteiger partial charge in [0.1, 0.15) is 16.6 Å². The molecule has 0 saturated heterocycles. The predicted molar refractivity (Wildman–Crippen MR) is 112 cm³/mol. The fourth-order valence-electron chi connectivity index (χ4n) is 2.62. The van der Waals surface area contributed by atoms with Crippen LogP contribution >= 0.6 is 35.0 Å². The van der Waals surface area contributed by atoms with Gasteiger partial charge in [-0.3, -0.25) is 4.79 Å². The lowest BCUT2D eigenvalue weighted by Gasteiger charge is -2.01. The number of aliphatic imine (C=N–C) groups is 1. The highest BCUT2D eigenvalue weighted by Gasteiger charge is 2.23. The lowest BCUT2D eigenvalue weighted by atomic mass is 10.2. The lowest BCUT2D eigenvalue weighted by Crippen LogP contribution is -1.90. The summed E-state index contributed by atoms with van der Waals surface area (Å²) < 4.78 is 5.84. The Balaban J connectivity index is 1.57. The van der Waals surface area contributed by atoms with Crippen molar-refractivity contribution < 1.29 is 9.21 Å². The van der Waals surface area contributed by atoms with Crippen molar-refractivity contribution in [2.75, 3.05) is 0 Å². The fourth-order valence-corrected chi connectivity index (χ4v) is 4.02. The van der Waals surface area contributed by atoms with Crippen LogP contribution in [-0.2, 0) is 4.79 Å². The van der Waals surface area contributed by atoms with Gasteiger partial charge in [-0.25, -0.2) is 4.99 Å². The quantitative estimate of drug-likeness (QED) is 0.452. The fraction of sp³-hybridized carbons (Fsp3) is 0.0476. The minimum absolute atomic E-state index is 0.266. The molecule has 0 atom stereocenters. The van der Waals surface area contributed by atoms with E-state index in [0.717, 1.165) is 16.7 Å². The molecule has 0 bridgehead atoms. The molecule has 0 aliphatic carbocycles. The average Bonchev–Trinajstić information content (AvgIpc) is 3.23. The van der Waals surface area contributed by atoms with Crippen molar-refractivity contribution in [2.45, 2.75) is 6.92 Å². The molecule has 2 heterocycles. The maximum absolute atomic E-state index is 12.2. The smallest absolute Gasteiger partial charge is 0.285 e. The first-order valence-electron chi connectivity index (χ1n) is 8.14. The summed E-state index contributed by atoms with van der Waals surface area (Å²) in [6.45, 7) is 2.02. The Morgan fingerprint density at radius 1 is 1.04 bits per heavy atom. The lowest BCUT2D eigenvalue weighted by molar-refractivity contribution is -0.113. The Bertz CT molecular complexity index is 1100. The molecule has 3 aromatic rings. The first-order chi connectivity index (χ1) is 13.0. The molecule has 134 valence electrons. The van der Waals surface area contributed by atoms with Gasteiger partial charge in [0.25, 0.3) is 5.91 Å². The molecule has 2 aromatic carbocycles. The van der Waals surface area contributed by atoms with Crippen LogP contribution in [0.15, 0.2) is 68.9 Å². The molecule has 1 amide bonds. The van der Waals surface area contributed by atoms with Crippen LogP contribution in [0.3, 0.4) is 0 Å². The highest BCUT2D eigenvalue weighted by Crippen LogP contribution is 2.35. The van der Waals surface area contributed by atoms with Crippen LogP contribution in [0.4, 0.5) is 0 Å². The van der Waals surface area contributed by atoms with Crippen molar-refractivity contribution in [3.63, 3.8) is 0 Å². The zero-order valence-corrected chi connectivity index (χ0v) is 16.5. The van der Waals surface area contributed by atoms with E-state index in [1.54, 1.807) is 30.3 Å². The third-order valence-corrected chi connectivity index (χ3v) is 5.60. The van der Waals surface area contributed by atoms with Crippen molar-refractivity contribution in [1.29, 1.82) is 0 Å². The molecule has 1 aromatic heterocycles. The van der Waals surface area contributed by atoms with E-state index in [1.165, 1.54) is 11.8 Å². The van der Waals surface area contributed by atoms with Crippen molar-refractivity contribution in [3.8, 4) is 11.3 Å². The van der Waals surface area contributed by atoms with Crippen molar-refractivity contribution in [3.05, 3.63) is 86.4 Å². The SMILES string of the molecule is Cc1ccc(C2=NC(=O)/C(=C\c3ccc(-c4ccc(Cl)cc4Cl)o3)S2)cc1. The third-order valence-electron chi connectivity index (χ3n) is 4.02. The second kappa shape index (κ2) is 7.39. The number of thioether (sulfide) groups is 1. The molecule has 0 fully saturated rings. The number of nitrogens with zero attached hydrogens (tertiary/aromatic N) is 1. The Hall–Kier alpha value is -2.27. The number of amides is 1. The maximum atomic E-state index is 12.2. The molecule has 3 nitrogen and oxygen atoms in total. The Labute approximate surface area is 170 Å². The zero-order chi connectivity index (χ0) is 19.0. The van der Waals surface area contributed by atoms with Crippen LogP contribution in [0.2, 0.25) is 10.0 Å². The third kappa shape index (κ3) is 3.88. The zero-order valence-electron chi connectivity index (χ0n) is 14.2. The van der Waals surface area contributed by atoms with E-state index < -0.39 is 0 Å². The summed E-state index contributed by atoms with van der Waals surface area (Å²) in [5, 5.41) is 1.76. The molecule has 0 radical (unpaired) electrons. The van der Waals surface area contributed by atoms with Gasteiger partial charge in [0, 0.05) is 22.2 Å². The van der Waals surface area contributed by atoms with Gasteiger partial charge in [0.2, 0.25) is 0 Å². The highest BCUT2D eigenvalue weighted by molar-refractivity contribution is 8.19. The molecule has 4 rings (SSSR count). The van der Waals surface area contributed by atoms with E-state index in [4.69, 9.17) is 27.6 Å². The molecule has 1 aliphatic heterocycles. The standard InChI is InChI=1S/C21H13Cl2NO2S/c1-12-2-4-13(5-3-12)21-24-20(25)19(27-21)11-15-7-9-18(26-15)16-8-6-14(22)10-17(16)23/h2-11H,1H3/b19-11+. The molecule has 27 heavy (non-hydrogen) atoms. The topological polar surface area (TPSA) is 42.6 Å². The first kappa shape index (κ1) is 18.1. The molecule has 0 unspecified atom stereocenters. The Morgan fingerprint density at radius 3 is 2.56 bits per heavy atom. The molecule has 1 aliphatic rings. The monoisotopic (exact) mass is 413 g/mol. The summed E-state index contributed by atoms with van der Waals surface area (Å²) in [6.07, 6.45) is 1.70. The van der Waals surface area contributed by atoms with E-state index in [1.807, 2.05) is 37.3 Å². The van der Waals surface area contributed by atoms with Crippen LogP contribution < -0.4 is 0 Å². The number of hydrogen-bond donors (Lipinski definition) is 0. The summed E-state index contributed by atoms with van der Waals surface area (Å²) in [5.74, 6) is 0.906. The predicted octanol–water partition coefficient (Wildman–Crippen LogP) is 6.62. The number of benzene rings is 2. The second-order valence-corrected chi connectivity index (χ2v) is 7.90. The van der Waals surface area contributed by atoms with Gasteiger partial charge >= 0.3 is 0 Å². The molecular weight excluding hydrogens is 401 g/mol. The summed E-state index contributed by atoms with van der Waals surface area (Å²) in [5.41, 5.74) is 2.83. The maximum Gasteiger partial charge on any atom is 0.285 e. The number of carbonyl (C=O) groups is 1. The highest BCUT2D eigenvalue weighted by atomic mass is 35.5. The van der Waals surface area contributed by atoms with Gasteiger partial charge in [0.05, 0.1) is 9.93 Å². The summed E-state index contributed by atoms with van der Waals surface area (Å²) in [6, 6.07) is 16.7. The number of rotatable bonds is 3. The number of halogens is 2. The van der Waals surface area contributed by atoms with Crippen molar-refractivity contribution in [2.24, 2.45) is 4.99 Å². The minimum Gasteiger partial charge on any atom is -0.457 e. The molecule has 0 N–H and O–H groups in total. The van der Waals surface area contributed by atoms with Gasteiger partial charge in [-0.2, -0.15) is 0 Å². The van der Waals surface area contributed by atoms with Crippen molar-refractivity contribution in [1.82, 2.24) is 0 Å². The van der Waals surface area contributed by atoms with E-state index in [-0.39, 0.29) is 5.91 Å². The van der Waals surface area contributed by atoms with Gasteiger partial charge in [0.15, 0.2) is 0 Å². The van der Waals surface area contributed by atoms with Crippen LogP contribution in [-0.4, -0.2) is 11.0 Å². The van der Waals surface area contributed by atoms with Gasteiger partial charge in [-0.05, 0) is 37.3 Å². The van der Waals surface area contributed by atoms with E-state index in [0.29, 0.717) is 31.5 Å². The van der Waals surface area contributed by atoms with Crippen LogP contribution in [0.25, 0.3) is 17.4 Å². The average molecular weight is 414 g/mol. The summed E-state index contributed by atoms with van der Waals surface area (Å²) in [7, 11) is 0. The molecule has 0 saturated carbocycles. The number of furan rings is 1. The second-order valence-electron chi connectivity index (χ2n) is 6.02.